The number of anilines is 1. The highest BCUT2D eigenvalue weighted by molar-refractivity contribution is 9.10. The highest BCUT2D eigenvalue weighted by Crippen LogP contribution is 2.28. The largest absolute Gasteiger partial charge is 0.449 e. The molecule has 3 N–H and O–H groups in total. The van der Waals surface area contributed by atoms with Gasteiger partial charge in [-0.25, -0.2) is 18.4 Å². The number of halogens is 1. The molecule has 1 heterocycles. The van der Waals surface area contributed by atoms with Crippen molar-refractivity contribution in [1.82, 2.24) is 0 Å². The highest BCUT2D eigenvalue weighted by Gasteiger charge is 2.24. The van der Waals surface area contributed by atoms with Crippen LogP contribution in [0.4, 0.5) is 5.69 Å². The standard InChI is InChI=1S/C19H17BrN2O6S/c1-10-15-9-12(20)3-8-16(15)28-17(10)19(24)27-11(2)18(23)22-13-4-6-14(7-5-13)29(21,25)26/h3-9,11H,1-2H3,(H,22,23)(H2,21,25,26)/t11-/m0/s1. The van der Waals surface area contributed by atoms with Gasteiger partial charge in [0.05, 0.1) is 4.90 Å². The quantitative estimate of drug-likeness (QED) is 0.538. The molecule has 0 bridgehead atoms. The zero-order chi connectivity index (χ0) is 21.3. The van der Waals surface area contributed by atoms with E-state index in [1.54, 1.807) is 19.1 Å². The van der Waals surface area contributed by atoms with Crippen molar-refractivity contribution in [2.24, 2.45) is 5.14 Å². The predicted octanol–water partition coefficient (Wildman–Crippen LogP) is 3.34. The third-order valence-corrected chi connectivity index (χ3v) is 5.61. The Morgan fingerprint density at radius 1 is 1.17 bits per heavy atom. The van der Waals surface area contributed by atoms with Crippen molar-refractivity contribution in [3.8, 4) is 0 Å². The first-order valence-electron chi connectivity index (χ1n) is 8.39. The molecule has 0 spiro atoms. The van der Waals surface area contributed by atoms with Crippen LogP contribution in [0.3, 0.4) is 0 Å². The molecule has 3 aromatic rings. The molecule has 0 fully saturated rings. The number of carbonyl (C=O) groups excluding carboxylic acids is 2. The predicted molar refractivity (Wildman–Crippen MR) is 110 cm³/mol. The van der Waals surface area contributed by atoms with Crippen molar-refractivity contribution >= 4 is 54.5 Å². The molecular formula is C19H17BrN2O6S. The topological polar surface area (TPSA) is 129 Å². The lowest BCUT2D eigenvalue weighted by Gasteiger charge is -2.13. The molecule has 0 aliphatic heterocycles. The molecule has 0 aliphatic carbocycles. The summed E-state index contributed by atoms with van der Waals surface area (Å²) in [6.07, 6.45) is -1.11. The zero-order valence-corrected chi connectivity index (χ0v) is 17.8. The Labute approximate surface area is 175 Å². The van der Waals surface area contributed by atoms with Crippen LogP contribution in [0.2, 0.25) is 0 Å². The molecule has 0 radical (unpaired) electrons. The van der Waals surface area contributed by atoms with Crippen LogP contribution in [0.1, 0.15) is 23.0 Å². The molecule has 1 aromatic heterocycles. The SMILES string of the molecule is Cc1c(C(=O)O[C@@H](C)C(=O)Nc2ccc(S(N)(=O)=O)cc2)oc2ccc(Br)cc12. The smallest absolute Gasteiger partial charge is 0.375 e. The van der Waals surface area contributed by atoms with Crippen LogP contribution in [0.25, 0.3) is 11.0 Å². The van der Waals surface area contributed by atoms with Gasteiger partial charge in [-0.3, -0.25) is 4.79 Å². The molecule has 1 atom stereocenters. The van der Waals surface area contributed by atoms with Crippen molar-refractivity contribution in [2.75, 3.05) is 5.32 Å². The Hall–Kier alpha value is -2.69. The minimum absolute atomic E-state index is 0.0234. The van der Waals surface area contributed by atoms with E-state index in [2.05, 4.69) is 21.2 Å². The van der Waals surface area contributed by atoms with Gasteiger partial charge in [0.25, 0.3) is 5.91 Å². The number of nitrogens with one attached hydrogen (secondary N) is 1. The molecule has 0 saturated carbocycles. The Morgan fingerprint density at radius 3 is 2.45 bits per heavy atom. The van der Waals surface area contributed by atoms with Crippen LogP contribution in [-0.2, 0) is 19.6 Å². The fourth-order valence-electron chi connectivity index (χ4n) is 2.63. The highest BCUT2D eigenvalue weighted by atomic mass is 79.9. The number of sulfonamides is 1. The van der Waals surface area contributed by atoms with Gasteiger partial charge in [-0.05, 0) is 56.3 Å². The number of nitrogens with two attached hydrogens (primary N) is 1. The molecule has 0 aliphatic rings. The number of rotatable bonds is 5. The van der Waals surface area contributed by atoms with Crippen LogP contribution < -0.4 is 10.5 Å². The maximum absolute atomic E-state index is 12.5. The average molecular weight is 481 g/mol. The van der Waals surface area contributed by atoms with Crippen molar-refractivity contribution in [2.45, 2.75) is 24.8 Å². The summed E-state index contributed by atoms with van der Waals surface area (Å²) in [4.78, 5) is 24.7. The second-order valence-electron chi connectivity index (χ2n) is 6.30. The van der Waals surface area contributed by atoms with Gasteiger partial charge >= 0.3 is 5.97 Å². The molecule has 3 rings (SSSR count). The first-order valence-corrected chi connectivity index (χ1v) is 10.7. The van der Waals surface area contributed by atoms with Crippen LogP contribution in [-0.4, -0.2) is 26.4 Å². The summed E-state index contributed by atoms with van der Waals surface area (Å²) in [7, 11) is -3.82. The summed E-state index contributed by atoms with van der Waals surface area (Å²) in [5.41, 5.74) is 1.47. The van der Waals surface area contributed by atoms with E-state index in [9.17, 15) is 18.0 Å². The van der Waals surface area contributed by atoms with Gasteiger partial charge in [-0.2, -0.15) is 0 Å². The molecule has 2 aromatic carbocycles. The molecule has 29 heavy (non-hydrogen) atoms. The molecule has 0 saturated heterocycles. The van der Waals surface area contributed by atoms with Gasteiger partial charge in [0, 0.05) is 21.1 Å². The van der Waals surface area contributed by atoms with E-state index in [0.29, 0.717) is 16.8 Å². The number of amides is 1. The lowest BCUT2D eigenvalue weighted by atomic mass is 10.1. The first kappa shape index (κ1) is 21.0. The number of esters is 1. The van der Waals surface area contributed by atoms with Gasteiger partial charge < -0.3 is 14.5 Å². The molecule has 1 amide bonds. The van der Waals surface area contributed by atoms with Crippen molar-refractivity contribution in [3.05, 3.63) is 58.3 Å². The maximum atomic E-state index is 12.5. The van der Waals surface area contributed by atoms with E-state index in [1.165, 1.54) is 31.2 Å². The Balaban J connectivity index is 1.69. The normalized spacial score (nSPS) is 12.6. The summed E-state index contributed by atoms with van der Waals surface area (Å²) in [5.74, 6) is -1.32. The molecule has 0 unspecified atom stereocenters. The second-order valence-corrected chi connectivity index (χ2v) is 8.78. The summed E-state index contributed by atoms with van der Waals surface area (Å²) in [6, 6.07) is 10.6. The van der Waals surface area contributed by atoms with Gasteiger partial charge in [0.2, 0.25) is 15.8 Å². The average Bonchev–Trinajstić information content (AvgIpc) is 2.97. The minimum Gasteiger partial charge on any atom is -0.449 e. The Bertz CT molecular complexity index is 1200. The van der Waals surface area contributed by atoms with E-state index in [4.69, 9.17) is 14.3 Å². The Kier molecular flexibility index (Phi) is 5.78. The first-order chi connectivity index (χ1) is 13.6. The third-order valence-electron chi connectivity index (χ3n) is 4.19. The number of fused-ring (bicyclic) bond motifs is 1. The zero-order valence-electron chi connectivity index (χ0n) is 15.4. The number of hydrogen-bond acceptors (Lipinski definition) is 6. The lowest BCUT2D eigenvalue weighted by molar-refractivity contribution is -0.123. The summed E-state index contributed by atoms with van der Waals surface area (Å²) < 4.78 is 34.1. The lowest BCUT2D eigenvalue weighted by Crippen LogP contribution is -2.30. The second kappa shape index (κ2) is 7.97. The number of aryl methyl sites for hydroxylation is 1. The minimum atomic E-state index is -3.82. The van der Waals surface area contributed by atoms with E-state index in [0.717, 1.165) is 9.86 Å². The van der Waals surface area contributed by atoms with Crippen molar-refractivity contribution < 1.29 is 27.2 Å². The van der Waals surface area contributed by atoms with Crippen LogP contribution in [0.15, 0.2) is 56.2 Å². The van der Waals surface area contributed by atoms with E-state index in [-0.39, 0.29) is 10.7 Å². The van der Waals surface area contributed by atoms with Gasteiger partial charge in [0.15, 0.2) is 6.10 Å². The number of benzene rings is 2. The molecule has 10 heteroatoms. The van der Waals surface area contributed by atoms with Crippen LogP contribution >= 0.6 is 15.9 Å². The maximum Gasteiger partial charge on any atom is 0.375 e. The van der Waals surface area contributed by atoms with E-state index < -0.39 is 28.0 Å². The summed E-state index contributed by atoms with van der Waals surface area (Å²) >= 11 is 3.37. The number of hydrogen-bond donors (Lipinski definition) is 2. The van der Waals surface area contributed by atoms with Gasteiger partial charge in [-0.15, -0.1) is 0 Å². The monoisotopic (exact) mass is 480 g/mol. The number of ether oxygens (including phenoxy) is 1. The summed E-state index contributed by atoms with van der Waals surface area (Å²) in [6.45, 7) is 3.15. The number of furan rings is 1. The molecule has 152 valence electrons. The van der Waals surface area contributed by atoms with Crippen LogP contribution in [0.5, 0.6) is 0 Å². The summed E-state index contributed by atoms with van der Waals surface area (Å²) in [5, 5.41) is 8.33. The molecular weight excluding hydrogens is 464 g/mol. The third kappa shape index (κ3) is 4.66. The van der Waals surface area contributed by atoms with Gasteiger partial charge in [0.1, 0.15) is 5.58 Å². The fraction of sp³-hybridized carbons (Fsp3) is 0.158. The van der Waals surface area contributed by atoms with E-state index >= 15 is 0 Å². The molecule has 8 nitrogen and oxygen atoms in total. The van der Waals surface area contributed by atoms with Crippen molar-refractivity contribution in [3.63, 3.8) is 0 Å². The fourth-order valence-corrected chi connectivity index (χ4v) is 3.50. The van der Waals surface area contributed by atoms with Crippen molar-refractivity contribution in [1.29, 1.82) is 0 Å². The Morgan fingerprint density at radius 2 is 1.83 bits per heavy atom. The van der Waals surface area contributed by atoms with Gasteiger partial charge in [-0.1, -0.05) is 15.9 Å². The van der Waals surface area contributed by atoms with E-state index in [1.807, 2.05) is 6.07 Å². The number of carbonyl (C=O) groups is 2. The van der Waals surface area contributed by atoms with Crippen LogP contribution in [0, 0.1) is 6.92 Å². The number of primary sulfonamides is 1.